The van der Waals surface area contributed by atoms with Gasteiger partial charge in [-0.3, -0.25) is 4.79 Å². The molecule has 0 aliphatic heterocycles. The Morgan fingerprint density at radius 3 is 2.41 bits per heavy atom. The minimum absolute atomic E-state index is 0.0816. The Bertz CT molecular complexity index is 930. The molecule has 1 aromatic carbocycles. The van der Waals surface area contributed by atoms with Crippen molar-refractivity contribution in [3.8, 4) is 5.75 Å². The summed E-state index contributed by atoms with van der Waals surface area (Å²) in [5.41, 5.74) is 0.437. The van der Waals surface area contributed by atoms with Crippen molar-refractivity contribution >= 4 is 45.8 Å². The first-order chi connectivity index (χ1) is 13.8. The maximum absolute atomic E-state index is 13.2. The Hall–Kier alpha value is -2.65. The zero-order valence-corrected chi connectivity index (χ0v) is 17.5. The van der Waals surface area contributed by atoms with Gasteiger partial charge in [0.25, 0.3) is 5.91 Å². The quantitative estimate of drug-likeness (QED) is 0.614. The molecule has 0 atom stereocenters. The van der Waals surface area contributed by atoms with E-state index in [1.165, 1.54) is 12.1 Å². The van der Waals surface area contributed by atoms with Gasteiger partial charge in [-0.1, -0.05) is 11.6 Å². The lowest BCUT2D eigenvalue weighted by Gasteiger charge is -2.09. The van der Waals surface area contributed by atoms with E-state index in [1.807, 2.05) is 0 Å². The molecule has 0 bridgehead atoms. The number of hydrogen-bond donors (Lipinski definition) is 1. The number of carbonyl (C=O) groups excluding carboxylic acids is 3. The summed E-state index contributed by atoms with van der Waals surface area (Å²) < 4.78 is 28.5. The van der Waals surface area contributed by atoms with E-state index in [4.69, 9.17) is 25.8 Å². The molecule has 1 N–H and O–H groups in total. The van der Waals surface area contributed by atoms with Crippen LogP contribution in [0.25, 0.3) is 0 Å². The highest BCUT2D eigenvalue weighted by Gasteiger charge is 2.27. The van der Waals surface area contributed by atoms with Crippen LogP contribution in [0, 0.1) is 12.7 Å². The molecule has 0 fully saturated rings. The van der Waals surface area contributed by atoms with Gasteiger partial charge in [0.1, 0.15) is 21.4 Å². The van der Waals surface area contributed by atoms with Crippen LogP contribution < -0.4 is 10.1 Å². The maximum atomic E-state index is 13.2. The summed E-state index contributed by atoms with van der Waals surface area (Å²) in [7, 11) is 0. The Balaban J connectivity index is 2.19. The smallest absolute Gasteiger partial charge is 0.348 e. The van der Waals surface area contributed by atoms with Crippen LogP contribution in [0.5, 0.6) is 5.75 Å². The molecule has 0 aliphatic carbocycles. The van der Waals surface area contributed by atoms with E-state index in [-0.39, 0.29) is 39.4 Å². The lowest BCUT2D eigenvalue weighted by atomic mass is 10.1. The molecule has 7 nitrogen and oxygen atoms in total. The number of halogens is 2. The molecule has 29 heavy (non-hydrogen) atoms. The number of rotatable bonds is 8. The fourth-order valence-corrected chi connectivity index (χ4v) is 3.60. The topological polar surface area (TPSA) is 90.9 Å². The number of hydrogen-bond acceptors (Lipinski definition) is 7. The van der Waals surface area contributed by atoms with Crippen LogP contribution in [0.2, 0.25) is 5.02 Å². The number of anilines is 1. The second-order valence-electron chi connectivity index (χ2n) is 5.61. The van der Waals surface area contributed by atoms with Gasteiger partial charge in [-0.2, -0.15) is 0 Å². The van der Waals surface area contributed by atoms with Gasteiger partial charge in [0.2, 0.25) is 0 Å². The standard InChI is InChI=1S/C19H19ClFNO6S/c1-4-26-18(24)15-10(3)16(19(25)27-5-2)29-17(15)22-14(23)9-28-11-6-7-13(21)12(20)8-11/h6-8H,4-5,9H2,1-3H3,(H,22,23). The van der Waals surface area contributed by atoms with Gasteiger partial charge in [-0.25, -0.2) is 14.0 Å². The highest BCUT2D eigenvalue weighted by atomic mass is 35.5. The zero-order valence-electron chi connectivity index (χ0n) is 16.0. The van der Waals surface area contributed by atoms with E-state index in [9.17, 15) is 18.8 Å². The van der Waals surface area contributed by atoms with Crippen LogP contribution in [-0.2, 0) is 14.3 Å². The van der Waals surface area contributed by atoms with Crippen molar-refractivity contribution in [2.45, 2.75) is 20.8 Å². The van der Waals surface area contributed by atoms with Gasteiger partial charge in [-0.05, 0) is 38.5 Å². The molecule has 0 aliphatic rings. The number of ether oxygens (including phenoxy) is 3. The normalized spacial score (nSPS) is 10.4. The van der Waals surface area contributed by atoms with Gasteiger partial charge >= 0.3 is 11.9 Å². The van der Waals surface area contributed by atoms with Crippen molar-refractivity contribution in [2.24, 2.45) is 0 Å². The van der Waals surface area contributed by atoms with Crippen LogP contribution >= 0.6 is 22.9 Å². The average Bonchev–Trinajstić information content (AvgIpc) is 2.99. The molecule has 1 heterocycles. The van der Waals surface area contributed by atoms with Crippen LogP contribution in [0.4, 0.5) is 9.39 Å². The summed E-state index contributed by atoms with van der Waals surface area (Å²) >= 11 is 6.58. The molecule has 0 saturated carbocycles. The molecule has 0 spiro atoms. The molecule has 1 aromatic heterocycles. The predicted molar refractivity (Wildman–Crippen MR) is 107 cm³/mol. The fraction of sp³-hybridized carbons (Fsp3) is 0.316. The van der Waals surface area contributed by atoms with E-state index < -0.39 is 30.3 Å². The van der Waals surface area contributed by atoms with Crippen molar-refractivity contribution in [1.82, 2.24) is 0 Å². The minimum atomic E-state index is -0.668. The molecular formula is C19H19ClFNO6S. The highest BCUT2D eigenvalue weighted by molar-refractivity contribution is 7.18. The van der Waals surface area contributed by atoms with Gasteiger partial charge in [0.15, 0.2) is 6.61 Å². The largest absolute Gasteiger partial charge is 0.484 e. The lowest BCUT2D eigenvalue weighted by molar-refractivity contribution is -0.118. The van der Waals surface area contributed by atoms with Gasteiger partial charge < -0.3 is 19.5 Å². The predicted octanol–water partition coefficient (Wildman–Crippen LogP) is 4.22. The van der Waals surface area contributed by atoms with E-state index in [0.29, 0.717) is 5.56 Å². The summed E-state index contributed by atoms with van der Waals surface area (Å²) in [4.78, 5) is 36.9. The van der Waals surface area contributed by atoms with Crippen LogP contribution in [-0.4, -0.2) is 37.7 Å². The molecule has 2 aromatic rings. The van der Waals surface area contributed by atoms with E-state index in [2.05, 4.69) is 5.32 Å². The fourth-order valence-electron chi connectivity index (χ4n) is 2.32. The average molecular weight is 444 g/mol. The minimum Gasteiger partial charge on any atom is -0.484 e. The SMILES string of the molecule is CCOC(=O)c1sc(NC(=O)COc2ccc(F)c(Cl)c2)c(C(=O)OCC)c1C. The molecule has 0 saturated heterocycles. The first-order valence-electron chi connectivity index (χ1n) is 8.63. The molecule has 156 valence electrons. The number of nitrogens with one attached hydrogen (secondary N) is 1. The second kappa shape index (κ2) is 10.2. The summed E-state index contributed by atoms with van der Waals surface area (Å²) in [5.74, 6) is -2.26. The van der Waals surface area contributed by atoms with Gasteiger partial charge in [-0.15, -0.1) is 11.3 Å². The number of amides is 1. The Morgan fingerprint density at radius 1 is 1.14 bits per heavy atom. The molecule has 0 radical (unpaired) electrons. The monoisotopic (exact) mass is 443 g/mol. The van der Waals surface area contributed by atoms with Crippen LogP contribution in [0.1, 0.15) is 39.4 Å². The van der Waals surface area contributed by atoms with Crippen molar-refractivity contribution in [3.63, 3.8) is 0 Å². The number of esters is 2. The van der Waals surface area contributed by atoms with E-state index in [0.717, 1.165) is 17.4 Å². The highest BCUT2D eigenvalue weighted by Crippen LogP contribution is 2.34. The summed E-state index contributed by atoms with van der Waals surface area (Å²) in [5, 5.41) is 2.55. The Labute approximate surface area is 175 Å². The number of carbonyl (C=O) groups is 3. The number of benzene rings is 1. The Kier molecular flexibility index (Phi) is 7.98. The summed E-state index contributed by atoms with van der Waals surface area (Å²) in [6, 6.07) is 3.68. The second-order valence-corrected chi connectivity index (χ2v) is 7.04. The summed E-state index contributed by atoms with van der Waals surface area (Å²) in [6.07, 6.45) is 0. The lowest BCUT2D eigenvalue weighted by Crippen LogP contribution is -2.21. The Morgan fingerprint density at radius 2 is 1.79 bits per heavy atom. The van der Waals surface area contributed by atoms with Crippen LogP contribution in [0.15, 0.2) is 18.2 Å². The molecule has 1 amide bonds. The van der Waals surface area contributed by atoms with Gasteiger partial charge in [0, 0.05) is 6.07 Å². The van der Waals surface area contributed by atoms with E-state index >= 15 is 0 Å². The van der Waals surface area contributed by atoms with Gasteiger partial charge in [0.05, 0.1) is 23.8 Å². The maximum Gasteiger partial charge on any atom is 0.348 e. The zero-order chi connectivity index (χ0) is 21.6. The van der Waals surface area contributed by atoms with Crippen molar-refractivity contribution < 1.29 is 33.0 Å². The first-order valence-corrected chi connectivity index (χ1v) is 9.83. The summed E-state index contributed by atoms with van der Waals surface area (Å²) in [6.45, 7) is 4.75. The number of thiophene rings is 1. The molecule has 2 rings (SSSR count). The van der Waals surface area contributed by atoms with E-state index in [1.54, 1.807) is 20.8 Å². The van der Waals surface area contributed by atoms with Crippen molar-refractivity contribution in [1.29, 1.82) is 0 Å². The first kappa shape index (κ1) is 22.6. The van der Waals surface area contributed by atoms with Crippen molar-refractivity contribution in [3.05, 3.63) is 45.0 Å². The third-order valence-corrected chi connectivity index (χ3v) is 5.08. The third-order valence-electron chi connectivity index (χ3n) is 3.60. The molecular weight excluding hydrogens is 425 g/mol. The third kappa shape index (κ3) is 5.68. The molecule has 10 heteroatoms. The molecule has 0 unspecified atom stereocenters. The van der Waals surface area contributed by atoms with Crippen LogP contribution in [0.3, 0.4) is 0 Å². The van der Waals surface area contributed by atoms with Crippen molar-refractivity contribution in [2.75, 3.05) is 25.1 Å².